The van der Waals surface area contributed by atoms with Crippen LogP contribution >= 0.6 is 0 Å². The molecule has 0 bridgehead atoms. The van der Waals surface area contributed by atoms with Crippen LogP contribution in [0.4, 0.5) is 0 Å². The Morgan fingerprint density at radius 2 is 1.79 bits per heavy atom. The van der Waals surface area contributed by atoms with E-state index in [1.807, 2.05) is 0 Å². The number of carbonyl (C=O) groups excluding carboxylic acids is 3. The van der Waals surface area contributed by atoms with E-state index in [1.165, 1.54) is 6.26 Å². The van der Waals surface area contributed by atoms with Crippen LogP contribution in [0.3, 0.4) is 0 Å². The lowest BCUT2D eigenvalue weighted by atomic mass is 9.96. The monoisotopic (exact) mass is 453 g/mol. The number of hydrogen-bond acceptors (Lipinski definition) is 6. The van der Waals surface area contributed by atoms with Crippen molar-refractivity contribution in [3.8, 4) is 5.75 Å². The number of likely N-dealkylation sites (tertiary alicyclic amines) is 1. The van der Waals surface area contributed by atoms with Crippen LogP contribution in [-0.4, -0.2) is 72.1 Å². The number of benzene rings is 1. The molecule has 1 aliphatic carbocycles. The number of methoxy groups -OCH3 is 1. The molecule has 3 heterocycles. The summed E-state index contributed by atoms with van der Waals surface area (Å²) in [4.78, 5) is 42.7. The van der Waals surface area contributed by atoms with Gasteiger partial charge in [0.1, 0.15) is 17.5 Å². The molecule has 3 amide bonds. The molecular weight excluding hydrogens is 426 g/mol. The number of carbonyl (C=O) groups is 3. The minimum Gasteiger partial charge on any atom is -0.497 e. The fourth-order valence-electron chi connectivity index (χ4n) is 4.58. The summed E-state index contributed by atoms with van der Waals surface area (Å²) in [6, 6.07) is 9.61. The molecule has 5 rings (SSSR count). The van der Waals surface area contributed by atoms with Crippen molar-refractivity contribution in [3.05, 3.63) is 54.0 Å². The third-order valence-electron chi connectivity index (χ3n) is 6.61. The summed E-state index contributed by atoms with van der Waals surface area (Å²) < 4.78 is 16.6. The Hall–Kier alpha value is -3.33. The van der Waals surface area contributed by atoms with E-state index in [2.05, 4.69) is 5.32 Å². The molecular formula is C24H27N3O6. The summed E-state index contributed by atoms with van der Waals surface area (Å²) >= 11 is 0. The molecule has 1 unspecified atom stereocenters. The van der Waals surface area contributed by atoms with Crippen molar-refractivity contribution in [1.29, 1.82) is 0 Å². The highest BCUT2D eigenvalue weighted by molar-refractivity contribution is 5.98. The number of hydrogen-bond donors (Lipinski definition) is 1. The number of furan rings is 1. The fraction of sp³-hybridized carbons (Fsp3) is 0.458. The third-order valence-corrected chi connectivity index (χ3v) is 6.61. The number of amides is 3. The van der Waals surface area contributed by atoms with E-state index in [4.69, 9.17) is 13.9 Å². The van der Waals surface area contributed by atoms with Crippen molar-refractivity contribution >= 4 is 17.7 Å². The largest absolute Gasteiger partial charge is 0.497 e. The topological polar surface area (TPSA) is 101 Å². The molecule has 2 aromatic rings. The zero-order chi connectivity index (χ0) is 23.0. The summed E-state index contributed by atoms with van der Waals surface area (Å²) in [6.45, 7) is 0.915. The van der Waals surface area contributed by atoms with E-state index in [9.17, 15) is 14.4 Å². The van der Waals surface area contributed by atoms with Gasteiger partial charge in [-0.2, -0.15) is 0 Å². The highest BCUT2D eigenvalue weighted by Gasteiger charge is 2.54. The number of ether oxygens (including phenoxy) is 2. The second-order valence-electron chi connectivity index (χ2n) is 8.73. The maximum atomic E-state index is 13.7. The Morgan fingerprint density at radius 3 is 2.39 bits per heavy atom. The lowest BCUT2D eigenvalue weighted by Crippen LogP contribution is -2.60. The number of rotatable bonds is 5. The molecule has 1 spiro atoms. The van der Waals surface area contributed by atoms with Gasteiger partial charge in [0.15, 0.2) is 5.76 Å². The SMILES string of the molecule is COc1ccc(C(=O)N2C(C(=O)NC3CC3)COC23CCN(C(=O)c2ccco2)CC3)cc1. The van der Waals surface area contributed by atoms with Crippen LogP contribution < -0.4 is 10.1 Å². The molecule has 1 aromatic carbocycles. The molecule has 2 aliphatic heterocycles. The van der Waals surface area contributed by atoms with Crippen molar-refractivity contribution in [2.24, 2.45) is 0 Å². The predicted octanol–water partition coefficient (Wildman–Crippen LogP) is 2.04. The maximum Gasteiger partial charge on any atom is 0.289 e. The van der Waals surface area contributed by atoms with Crippen LogP contribution in [0, 0.1) is 0 Å². The van der Waals surface area contributed by atoms with Gasteiger partial charge >= 0.3 is 0 Å². The number of piperidine rings is 1. The summed E-state index contributed by atoms with van der Waals surface area (Å²) in [5, 5.41) is 3.01. The zero-order valence-electron chi connectivity index (χ0n) is 18.5. The van der Waals surface area contributed by atoms with Crippen LogP contribution in [0.5, 0.6) is 5.75 Å². The number of nitrogens with one attached hydrogen (secondary N) is 1. The smallest absolute Gasteiger partial charge is 0.289 e. The second kappa shape index (κ2) is 8.55. The first-order valence-electron chi connectivity index (χ1n) is 11.3. The lowest BCUT2D eigenvalue weighted by Gasteiger charge is -2.44. The van der Waals surface area contributed by atoms with Crippen LogP contribution in [0.1, 0.15) is 46.6 Å². The lowest BCUT2D eigenvalue weighted by molar-refractivity contribution is -0.128. The van der Waals surface area contributed by atoms with Gasteiger partial charge in [-0.15, -0.1) is 0 Å². The first-order chi connectivity index (χ1) is 16.0. The van der Waals surface area contributed by atoms with E-state index in [-0.39, 0.29) is 36.1 Å². The van der Waals surface area contributed by atoms with E-state index in [0.717, 1.165) is 12.8 Å². The summed E-state index contributed by atoms with van der Waals surface area (Å²) in [7, 11) is 1.57. The molecule has 3 fully saturated rings. The maximum absolute atomic E-state index is 13.7. The van der Waals surface area contributed by atoms with Gasteiger partial charge in [-0.3, -0.25) is 19.3 Å². The van der Waals surface area contributed by atoms with Crippen LogP contribution in [0.2, 0.25) is 0 Å². The highest BCUT2D eigenvalue weighted by atomic mass is 16.5. The summed E-state index contributed by atoms with van der Waals surface area (Å²) in [5.74, 6) is 0.281. The average Bonchev–Trinajstić information content (AvgIpc) is 3.34. The molecule has 9 heteroatoms. The first kappa shape index (κ1) is 21.5. The highest BCUT2D eigenvalue weighted by Crippen LogP contribution is 2.39. The van der Waals surface area contributed by atoms with Gasteiger partial charge in [-0.1, -0.05) is 0 Å². The van der Waals surface area contributed by atoms with E-state index < -0.39 is 11.8 Å². The standard InChI is InChI=1S/C24H27N3O6/c1-31-18-8-4-16(5-9-18)22(29)27-19(21(28)25-17-6-7-17)15-33-24(27)10-12-26(13-11-24)23(30)20-3-2-14-32-20/h2-5,8-9,14,17,19H,6-7,10-13,15H2,1H3,(H,25,28). The first-order valence-corrected chi connectivity index (χ1v) is 11.3. The van der Waals surface area contributed by atoms with Gasteiger partial charge in [0.05, 0.1) is 20.0 Å². The molecule has 0 radical (unpaired) electrons. The van der Waals surface area contributed by atoms with Crippen molar-refractivity contribution < 1.29 is 28.3 Å². The Balaban J connectivity index is 1.38. The quantitative estimate of drug-likeness (QED) is 0.744. The Kier molecular flexibility index (Phi) is 5.57. The summed E-state index contributed by atoms with van der Waals surface area (Å²) in [6.07, 6.45) is 4.21. The molecule has 1 atom stereocenters. The third kappa shape index (κ3) is 4.08. The minimum atomic E-state index is -0.942. The Bertz CT molecular complexity index is 1020. The van der Waals surface area contributed by atoms with Gasteiger partial charge in [0.25, 0.3) is 11.8 Å². The molecule has 2 saturated heterocycles. The van der Waals surface area contributed by atoms with Crippen LogP contribution in [0.25, 0.3) is 0 Å². The molecule has 3 aliphatic rings. The van der Waals surface area contributed by atoms with Crippen molar-refractivity contribution in [1.82, 2.24) is 15.1 Å². The van der Waals surface area contributed by atoms with Crippen LogP contribution in [0.15, 0.2) is 47.1 Å². The predicted molar refractivity (Wildman–Crippen MR) is 117 cm³/mol. The van der Waals surface area contributed by atoms with E-state index >= 15 is 0 Å². The molecule has 174 valence electrons. The normalized spacial score (nSPS) is 21.8. The Morgan fingerprint density at radius 1 is 1.06 bits per heavy atom. The Labute approximate surface area is 191 Å². The molecule has 9 nitrogen and oxygen atoms in total. The van der Waals surface area contributed by atoms with Crippen molar-refractivity contribution in [2.75, 3.05) is 26.8 Å². The molecule has 1 aromatic heterocycles. The van der Waals surface area contributed by atoms with Crippen molar-refractivity contribution in [3.63, 3.8) is 0 Å². The molecule has 1 N–H and O–H groups in total. The average molecular weight is 453 g/mol. The minimum absolute atomic E-state index is 0.132. The zero-order valence-corrected chi connectivity index (χ0v) is 18.5. The molecule has 33 heavy (non-hydrogen) atoms. The fourth-order valence-corrected chi connectivity index (χ4v) is 4.58. The van der Waals surface area contributed by atoms with Gasteiger partial charge in [-0.25, -0.2) is 0 Å². The second-order valence-corrected chi connectivity index (χ2v) is 8.73. The van der Waals surface area contributed by atoms with Gasteiger partial charge in [0, 0.05) is 37.5 Å². The van der Waals surface area contributed by atoms with Gasteiger partial charge in [-0.05, 0) is 49.2 Å². The van der Waals surface area contributed by atoms with Gasteiger partial charge < -0.3 is 24.1 Å². The summed E-state index contributed by atoms with van der Waals surface area (Å²) in [5.41, 5.74) is -0.485. The molecule has 1 saturated carbocycles. The van der Waals surface area contributed by atoms with E-state index in [1.54, 1.807) is 53.3 Å². The number of nitrogens with zero attached hydrogens (tertiary/aromatic N) is 2. The van der Waals surface area contributed by atoms with Crippen LogP contribution in [-0.2, 0) is 9.53 Å². The van der Waals surface area contributed by atoms with Gasteiger partial charge in [0.2, 0.25) is 5.91 Å². The van der Waals surface area contributed by atoms with E-state index in [0.29, 0.717) is 37.2 Å². The van der Waals surface area contributed by atoms with Crippen molar-refractivity contribution in [2.45, 2.75) is 43.5 Å².